The third-order valence-corrected chi connectivity index (χ3v) is 3.02. The van der Waals surface area contributed by atoms with Crippen LogP contribution in [0.5, 0.6) is 11.5 Å². The zero-order chi connectivity index (χ0) is 13.5. The summed E-state index contributed by atoms with van der Waals surface area (Å²) in [4.78, 5) is 10.8. The molecular weight excluding hydrogens is 256 g/mol. The molecule has 0 saturated heterocycles. The van der Waals surface area contributed by atoms with Gasteiger partial charge in [-0.25, -0.2) is 0 Å². The summed E-state index contributed by atoms with van der Waals surface area (Å²) >= 11 is 6.11. The topological polar surface area (TPSA) is 55.8 Å². The highest BCUT2D eigenvalue weighted by Gasteiger charge is 2.33. The van der Waals surface area contributed by atoms with Crippen LogP contribution in [0.3, 0.4) is 0 Å². The summed E-state index contributed by atoms with van der Waals surface area (Å²) in [7, 11) is 0. The first-order valence-electron chi connectivity index (χ1n) is 5.72. The van der Waals surface area contributed by atoms with Gasteiger partial charge in [-0.3, -0.25) is 4.79 Å². The minimum atomic E-state index is -0.830. The molecule has 0 radical (unpaired) electrons. The number of carboxylic acids is 1. The van der Waals surface area contributed by atoms with E-state index in [4.69, 9.17) is 26.2 Å². The van der Waals surface area contributed by atoms with Gasteiger partial charge in [-0.05, 0) is 24.1 Å². The summed E-state index contributed by atoms with van der Waals surface area (Å²) in [5, 5.41) is 9.35. The lowest BCUT2D eigenvalue weighted by atomic mass is 10.0. The maximum Gasteiger partial charge on any atom is 0.306 e. The SMILES string of the molecule is CC(Cc1cc(Cl)c2c(c1)OC(C)(C)O2)C(=O)O. The van der Waals surface area contributed by atoms with Crippen LogP contribution in [0, 0.1) is 5.92 Å². The molecule has 0 fully saturated rings. The molecular formula is C13H15ClO4. The second kappa shape index (κ2) is 4.35. The molecule has 1 heterocycles. The molecule has 18 heavy (non-hydrogen) atoms. The van der Waals surface area contributed by atoms with Crippen LogP contribution in [0.4, 0.5) is 0 Å². The number of carboxylic acid groups (broad SMARTS) is 1. The summed E-state index contributed by atoms with van der Waals surface area (Å²) in [5.41, 5.74) is 0.829. The molecule has 0 bridgehead atoms. The second-order valence-corrected chi connectivity index (χ2v) is 5.36. The Morgan fingerprint density at radius 3 is 2.72 bits per heavy atom. The van der Waals surface area contributed by atoms with E-state index in [0.717, 1.165) is 5.56 Å². The molecule has 1 aliphatic heterocycles. The fourth-order valence-electron chi connectivity index (χ4n) is 1.89. The van der Waals surface area contributed by atoms with Gasteiger partial charge < -0.3 is 14.6 Å². The van der Waals surface area contributed by atoms with E-state index in [-0.39, 0.29) is 0 Å². The average Bonchev–Trinajstić information content (AvgIpc) is 2.53. The lowest BCUT2D eigenvalue weighted by Crippen LogP contribution is -2.29. The molecule has 98 valence electrons. The first-order valence-corrected chi connectivity index (χ1v) is 6.09. The van der Waals surface area contributed by atoms with Gasteiger partial charge in [0.15, 0.2) is 11.5 Å². The highest BCUT2D eigenvalue weighted by molar-refractivity contribution is 6.32. The molecule has 0 spiro atoms. The maximum atomic E-state index is 10.8. The zero-order valence-corrected chi connectivity index (χ0v) is 11.2. The summed E-state index contributed by atoms with van der Waals surface area (Å²) in [6, 6.07) is 3.51. The van der Waals surface area contributed by atoms with E-state index >= 15 is 0 Å². The van der Waals surface area contributed by atoms with Crippen molar-refractivity contribution in [3.05, 3.63) is 22.7 Å². The number of ether oxygens (including phenoxy) is 2. The standard InChI is InChI=1S/C13H15ClO4/c1-7(12(15)16)4-8-5-9(14)11-10(6-8)17-13(2,3)18-11/h5-7H,4H2,1-3H3,(H,15,16). The van der Waals surface area contributed by atoms with Crippen molar-refractivity contribution in [1.29, 1.82) is 0 Å². The predicted octanol–water partition coefficient (Wildman–Crippen LogP) is 3.11. The van der Waals surface area contributed by atoms with Crippen molar-refractivity contribution in [3.8, 4) is 11.5 Å². The van der Waals surface area contributed by atoms with Gasteiger partial charge in [0.2, 0.25) is 5.79 Å². The monoisotopic (exact) mass is 270 g/mol. The van der Waals surface area contributed by atoms with Crippen LogP contribution in [0.2, 0.25) is 5.02 Å². The molecule has 1 unspecified atom stereocenters. The largest absolute Gasteiger partial charge is 0.481 e. The Hall–Kier alpha value is -1.42. The molecule has 4 nitrogen and oxygen atoms in total. The summed E-state index contributed by atoms with van der Waals surface area (Å²) in [5.74, 6) is -0.935. The van der Waals surface area contributed by atoms with Gasteiger partial charge in [0.25, 0.3) is 0 Å². The van der Waals surface area contributed by atoms with Gasteiger partial charge in [0.05, 0.1) is 10.9 Å². The molecule has 1 atom stereocenters. The number of carbonyl (C=O) groups is 1. The van der Waals surface area contributed by atoms with Crippen molar-refractivity contribution < 1.29 is 19.4 Å². The Morgan fingerprint density at radius 1 is 1.44 bits per heavy atom. The predicted molar refractivity (Wildman–Crippen MR) is 67.3 cm³/mol. The fraction of sp³-hybridized carbons (Fsp3) is 0.462. The normalized spacial score (nSPS) is 17.6. The zero-order valence-electron chi connectivity index (χ0n) is 10.5. The fourth-order valence-corrected chi connectivity index (χ4v) is 2.16. The lowest BCUT2D eigenvalue weighted by molar-refractivity contribution is -0.141. The van der Waals surface area contributed by atoms with E-state index in [2.05, 4.69) is 0 Å². The molecule has 1 aromatic rings. The van der Waals surface area contributed by atoms with Crippen LogP contribution in [0.25, 0.3) is 0 Å². The van der Waals surface area contributed by atoms with E-state index in [1.54, 1.807) is 32.9 Å². The van der Waals surface area contributed by atoms with Gasteiger partial charge >= 0.3 is 5.97 Å². The van der Waals surface area contributed by atoms with Crippen molar-refractivity contribution in [2.24, 2.45) is 5.92 Å². The van der Waals surface area contributed by atoms with E-state index < -0.39 is 17.7 Å². The van der Waals surface area contributed by atoms with Crippen LogP contribution in [-0.4, -0.2) is 16.9 Å². The van der Waals surface area contributed by atoms with Crippen LogP contribution < -0.4 is 9.47 Å². The van der Waals surface area contributed by atoms with E-state index in [1.807, 2.05) is 0 Å². The first kappa shape index (κ1) is 13.0. The highest BCUT2D eigenvalue weighted by atomic mass is 35.5. The number of aliphatic carboxylic acids is 1. The molecule has 0 amide bonds. The molecule has 1 N–H and O–H groups in total. The van der Waals surface area contributed by atoms with Crippen LogP contribution in [0.15, 0.2) is 12.1 Å². The second-order valence-electron chi connectivity index (χ2n) is 4.95. The van der Waals surface area contributed by atoms with E-state index in [9.17, 15) is 4.79 Å². The third-order valence-electron chi connectivity index (χ3n) is 2.74. The Labute approximate surface area is 110 Å². The molecule has 0 aromatic heterocycles. The first-order chi connectivity index (χ1) is 8.28. The Morgan fingerprint density at radius 2 is 2.11 bits per heavy atom. The Kier molecular flexibility index (Phi) is 3.15. The van der Waals surface area contributed by atoms with Crippen LogP contribution >= 0.6 is 11.6 Å². The summed E-state index contributed by atoms with van der Waals surface area (Å²) in [6.45, 7) is 5.25. The van der Waals surface area contributed by atoms with Gasteiger partial charge in [0, 0.05) is 13.8 Å². The number of benzene rings is 1. The lowest BCUT2D eigenvalue weighted by Gasteiger charge is -2.16. The van der Waals surface area contributed by atoms with Crippen molar-refractivity contribution >= 4 is 17.6 Å². The molecule has 0 saturated carbocycles. The number of halogens is 1. The van der Waals surface area contributed by atoms with Gasteiger partial charge in [0.1, 0.15) is 0 Å². The van der Waals surface area contributed by atoms with E-state index in [1.165, 1.54) is 0 Å². The van der Waals surface area contributed by atoms with Gasteiger partial charge in [-0.2, -0.15) is 0 Å². The Balaban J connectivity index is 2.27. The van der Waals surface area contributed by atoms with Gasteiger partial charge in [-0.1, -0.05) is 18.5 Å². The number of hydrogen-bond acceptors (Lipinski definition) is 3. The molecule has 1 aliphatic rings. The average molecular weight is 271 g/mol. The maximum absolute atomic E-state index is 10.8. The van der Waals surface area contributed by atoms with Crippen molar-refractivity contribution in [3.63, 3.8) is 0 Å². The molecule has 0 aliphatic carbocycles. The van der Waals surface area contributed by atoms with Crippen LogP contribution in [-0.2, 0) is 11.2 Å². The number of hydrogen-bond donors (Lipinski definition) is 1. The van der Waals surface area contributed by atoms with Crippen molar-refractivity contribution in [2.45, 2.75) is 33.0 Å². The highest BCUT2D eigenvalue weighted by Crippen LogP contribution is 2.45. The van der Waals surface area contributed by atoms with E-state index in [0.29, 0.717) is 22.9 Å². The van der Waals surface area contributed by atoms with Crippen molar-refractivity contribution in [1.82, 2.24) is 0 Å². The molecule has 2 rings (SSSR count). The molecule has 1 aromatic carbocycles. The summed E-state index contributed by atoms with van der Waals surface area (Å²) in [6.07, 6.45) is 0.409. The third kappa shape index (κ3) is 2.53. The Bertz CT molecular complexity index is 496. The quantitative estimate of drug-likeness (QED) is 0.917. The summed E-state index contributed by atoms with van der Waals surface area (Å²) < 4.78 is 11.2. The molecule has 5 heteroatoms. The smallest absolute Gasteiger partial charge is 0.306 e. The van der Waals surface area contributed by atoms with Gasteiger partial charge in [-0.15, -0.1) is 0 Å². The minimum absolute atomic E-state index is 0.409. The number of fused-ring (bicyclic) bond motifs is 1. The number of rotatable bonds is 3. The van der Waals surface area contributed by atoms with Crippen LogP contribution in [0.1, 0.15) is 26.3 Å². The van der Waals surface area contributed by atoms with Crippen molar-refractivity contribution in [2.75, 3.05) is 0 Å². The minimum Gasteiger partial charge on any atom is -0.481 e.